The summed E-state index contributed by atoms with van der Waals surface area (Å²) in [6, 6.07) is 14.5. The average Bonchev–Trinajstić information content (AvgIpc) is 3.23. The number of carbonyl (C=O) groups excluding carboxylic acids is 1. The lowest BCUT2D eigenvalue weighted by Gasteiger charge is -2.11. The maximum atomic E-state index is 12.9. The van der Waals surface area contributed by atoms with E-state index in [1.165, 1.54) is 65.5 Å². The molecule has 0 aliphatic carbocycles. The zero-order valence-corrected chi connectivity index (χ0v) is 19.4. The first kappa shape index (κ1) is 23.6. The van der Waals surface area contributed by atoms with E-state index in [1.54, 1.807) is 19.3 Å². The van der Waals surface area contributed by atoms with Gasteiger partial charge in [-0.25, -0.2) is 13.4 Å². The van der Waals surface area contributed by atoms with Crippen molar-refractivity contribution in [3.05, 3.63) is 88.7 Å². The topological polar surface area (TPSA) is 146 Å². The van der Waals surface area contributed by atoms with Crippen molar-refractivity contribution in [1.82, 2.24) is 14.8 Å². The van der Waals surface area contributed by atoms with Gasteiger partial charge in [0.05, 0.1) is 9.82 Å². The van der Waals surface area contributed by atoms with Crippen LogP contribution in [0.4, 0.5) is 11.5 Å². The van der Waals surface area contributed by atoms with Crippen LogP contribution < -0.4 is 10.1 Å². The van der Waals surface area contributed by atoms with E-state index in [0.29, 0.717) is 11.6 Å². The number of nitrogens with one attached hydrogen (secondary N) is 1. The third kappa shape index (κ3) is 5.50. The maximum absolute atomic E-state index is 12.9. The molecule has 178 valence electrons. The number of rotatable bonds is 7. The smallest absolute Gasteiger partial charge is 0.295 e. The number of carbonyl (C=O) groups is 1. The zero-order chi connectivity index (χ0) is 25.2. The first-order chi connectivity index (χ1) is 16.6. The van der Waals surface area contributed by atoms with E-state index < -0.39 is 20.7 Å². The van der Waals surface area contributed by atoms with Gasteiger partial charge in [0.2, 0.25) is 0 Å². The summed E-state index contributed by atoms with van der Waals surface area (Å²) in [6.07, 6.45) is 4.17. The fourth-order valence-corrected chi connectivity index (χ4v) is 3.88. The van der Waals surface area contributed by atoms with Gasteiger partial charge in [0.25, 0.3) is 11.6 Å². The van der Waals surface area contributed by atoms with Crippen LogP contribution >= 0.6 is 0 Å². The SMILES string of the molecule is Cn1ccc(NC(=O)c2cc(Oc3ccc(S(C)(=O)=O)cc3)cc(-c3ncccc3[N+](=O)[O-])c2)n1. The molecule has 0 radical (unpaired) electrons. The maximum Gasteiger partial charge on any atom is 0.295 e. The molecule has 1 amide bonds. The number of aryl methyl sites for hydroxylation is 1. The number of sulfone groups is 1. The van der Waals surface area contributed by atoms with Crippen molar-refractivity contribution in [3.63, 3.8) is 0 Å². The number of nitro groups is 1. The van der Waals surface area contributed by atoms with Crippen molar-refractivity contribution in [2.75, 3.05) is 11.6 Å². The molecule has 0 aliphatic heterocycles. The molecular weight excluding hydrogens is 474 g/mol. The molecule has 0 unspecified atom stereocenters. The van der Waals surface area contributed by atoms with Crippen LogP contribution in [0.2, 0.25) is 0 Å². The van der Waals surface area contributed by atoms with Crippen LogP contribution in [0.1, 0.15) is 10.4 Å². The lowest BCUT2D eigenvalue weighted by molar-refractivity contribution is -0.384. The second-order valence-electron chi connectivity index (χ2n) is 7.55. The Balaban J connectivity index is 1.75. The zero-order valence-electron chi connectivity index (χ0n) is 18.6. The lowest BCUT2D eigenvalue weighted by Crippen LogP contribution is -2.13. The Morgan fingerprint density at radius 1 is 1.09 bits per heavy atom. The molecule has 35 heavy (non-hydrogen) atoms. The molecule has 4 aromatic rings. The highest BCUT2D eigenvalue weighted by Crippen LogP contribution is 2.33. The minimum absolute atomic E-state index is 0.0576. The first-order valence-corrected chi connectivity index (χ1v) is 12.0. The van der Waals surface area contributed by atoms with Crippen molar-refractivity contribution in [2.45, 2.75) is 4.90 Å². The Kier molecular flexibility index (Phi) is 6.30. The molecule has 0 bridgehead atoms. The van der Waals surface area contributed by atoms with Gasteiger partial charge in [0.15, 0.2) is 15.7 Å². The molecule has 11 nitrogen and oxygen atoms in total. The van der Waals surface area contributed by atoms with Crippen LogP contribution in [0.25, 0.3) is 11.3 Å². The van der Waals surface area contributed by atoms with E-state index in [9.17, 15) is 23.3 Å². The summed E-state index contributed by atoms with van der Waals surface area (Å²) >= 11 is 0. The van der Waals surface area contributed by atoms with Gasteiger partial charge in [-0.1, -0.05) is 0 Å². The van der Waals surface area contributed by atoms with Crippen LogP contribution in [0.5, 0.6) is 11.5 Å². The van der Waals surface area contributed by atoms with Gasteiger partial charge in [-0.15, -0.1) is 0 Å². The molecule has 0 atom stereocenters. The Bertz CT molecular complexity index is 1530. The van der Waals surface area contributed by atoms with Gasteiger partial charge in [-0.2, -0.15) is 5.10 Å². The van der Waals surface area contributed by atoms with E-state index in [2.05, 4.69) is 15.4 Å². The molecular formula is C23H19N5O6S. The van der Waals surface area contributed by atoms with Crippen LogP contribution in [0.3, 0.4) is 0 Å². The van der Waals surface area contributed by atoms with E-state index >= 15 is 0 Å². The highest BCUT2D eigenvalue weighted by atomic mass is 32.2. The Labute approximate surface area is 200 Å². The summed E-state index contributed by atoms with van der Waals surface area (Å²) in [5.41, 5.74) is 0.255. The fourth-order valence-electron chi connectivity index (χ4n) is 3.25. The number of hydrogen-bond acceptors (Lipinski definition) is 8. The van der Waals surface area contributed by atoms with Crippen LogP contribution in [0.15, 0.2) is 78.0 Å². The minimum Gasteiger partial charge on any atom is -0.457 e. The van der Waals surface area contributed by atoms with Crippen LogP contribution in [0, 0.1) is 10.1 Å². The average molecular weight is 494 g/mol. The molecule has 1 N–H and O–H groups in total. The third-order valence-corrected chi connectivity index (χ3v) is 6.00. The molecule has 0 spiro atoms. The summed E-state index contributed by atoms with van der Waals surface area (Å²) in [6.45, 7) is 0. The van der Waals surface area contributed by atoms with E-state index in [-0.39, 0.29) is 33.2 Å². The molecule has 2 aromatic heterocycles. The molecule has 0 saturated heterocycles. The highest BCUT2D eigenvalue weighted by molar-refractivity contribution is 7.90. The van der Waals surface area contributed by atoms with Gasteiger partial charge < -0.3 is 10.1 Å². The van der Waals surface area contributed by atoms with Gasteiger partial charge >= 0.3 is 0 Å². The Morgan fingerprint density at radius 2 is 1.83 bits per heavy atom. The summed E-state index contributed by atoms with van der Waals surface area (Å²) in [4.78, 5) is 28.2. The van der Waals surface area contributed by atoms with Gasteiger partial charge in [0, 0.05) is 49.0 Å². The number of amides is 1. The van der Waals surface area contributed by atoms with E-state index in [4.69, 9.17) is 4.74 Å². The highest BCUT2D eigenvalue weighted by Gasteiger charge is 2.20. The predicted molar refractivity (Wildman–Crippen MR) is 127 cm³/mol. The summed E-state index contributed by atoms with van der Waals surface area (Å²) < 4.78 is 30.8. The van der Waals surface area contributed by atoms with Gasteiger partial charge in [-0.3, -0.25) is 19.6 Å². The van der Waals surface area contributed by atoms with Crippen LogP contribution in [-0.2, 0) is 16.9 Å². The summed E-state index contributed by atoms with van der Waals surface area (Å²) in [5, 5.41) is 18.3. The largest absolute Gasteiger partial charge is 0.457 e. The molecule has 0 saturated carbocycles. The Morgan fingerprint density at radius 3 is 2.46 bits per heavy atom. The number of benzene rings is 2. The molecule has 2 aromatic carbocycles. The molecule has 12 heteroatoms. The first-order valence-electron chi connectivity index (χ1n) is 10.1. The van der Waals surface area contributed by atoms with Crippen molar-refractivity contribution < 1.29 is 22.9 Å². The second kappa shape index (κ2) is 9.35. The normalized spacial score (nSPS) is 11.1. The lowest BCUT2D eigenvalue weighted by atomic mass is 10.0. The van der Waals surface area contributed by atoms with E-state index in [1.807, 2.05) is 0 Å². The number of nitrogens with zero attached hydrogens (tertiary/aromatic N) is 4. The number of ether oxygens (including phenoxy) is 1. The van der Waals surface area contributed by atoms with Crippen molar-refractivity contribution in [1.29, 1.82) is 0 Å². The monoisotopic (exact) mass is 493 g/mol. The molecule has 2 heterocycles. The Hall–Kier alpha value is -4.58. The molecule has 4 rings (SSSR count). The number of aromatic nitrogens is 3. The quantitative estimate of drug-likeness (QED) is 0.302. The molecule has 0 aliphatic rings. The van der Waals surface area contributed by atoms with Crippen LogP contribution in [-0.4, -0.2) is 40.3 Å². The number of hydrogen-bond donors (Lipinski definition) is 1. The third-order valence-electron chi connectivity index (χ3n) is 4.87. The molecule has 0 fully saturated rings. The predicted octanol–water partition coefficient (Wildman–Crippen LogP) is 3.84. The number of anilines is 1. The van der Waals surface area contributed by atoms with Crippen molar-refractivity contribution >= 4 is 27.2 Å². The second-order valence-corrected chi connectivity index (χ2v) is 9.56. The standard InChI is InChI=1S/C23H19N5O6S/c1-27-11-9-21(26-27)25-23(29)16-12-15(22-20(28(30)31)4-3-10-24-22)13-18(14-16)34-17-5-7-19(8-6-17)35(2,32)33/h3-14H,1-2H3,(H,25,26,29). The fraction of sp³-hybridized carbons (Fsp3) is 0.0870. The summed E-state index contributed by atoms with van der Waals surface area (Å²) in [5.74, 6) is 0.314. The number of pyridine rings is 1. The van der Waals surface area contributed by atoms with Gasteiger partial charge in [0.1, 0.15) is 17.2 Å². The minimum atomic E-state index is -3.38. The van der Waals surface area contributed by atoms with Crippen molar-refractivity contribution in [3.8, 4) is 22.8 Å². The van der Waals surface area contributed by atoms with Crippen molar-refractivity contribution in [2.24, 2.45) is 7.05 Å². The summed E-state index contributed by atoms with van der Waals surface area (Å²) in [7, 11) is -1.68. The van der Waals surface area contributed by atoms with Gasteiger partial charge in [-0.05, 0) is 48.5 Å². The van der Waals surface area contributed by atoms with E-state index in [0.717, 1.165) is 6.26 Å².